The fraction of sp³-hybridized carbons (Fsp3) is 0.188. The second-order valence-corrected chi connectivity index (χ2v) is 5.05. The molecule has 0 aliphatic rings. The number of rotatable bonds is 5. The van der Waals surface area contributed by atoms with Gasteiger partial charge in [0.2, 0.25) is 5.91 Å². The molecule has 2 aromatic carbocycles. The zero-order chi connectivity index (χ0) is 15.2. The van der Waals surface area contributed by atoms with Crippen molar-refractivity contribution in [2.75, 3.05) is 24.3 Å². The van der Waals surface area contributed by atoms with Crippen molar-refractivity contribution in [1.82, 2.24) is 0 Å². The molecule has 21 heavy (non-hydrogen) atoms. The van der Waals surface area contributed by atoms with Crippen LogP contribution in [-0.4, -0.2) is 19.6 Å². The first-order valence-corrected chi connectivity index (χ1v) is 6.90. The third-order valence-electron chi connectivity index (χ3n) is 2.94. The molecule has 5 heteroatoms. The van der Waals surface area contributed by atoms with Crippen LogP contribution in [0, 0.1) is 6.92 Å². The van der Waals surface area contributed by atoms with Gasteiger partial charge in [-0.25, -0.2) is 0 Å². The molecule has 0 aliphatic carbocycles. The number of carbonyl (C=O) groups excluding carboxylic acids is 1. The van der Waals surface area contributed by atoms with E-state index in [2.05, 4.69) is 10.6 Å². The highest BCUT2D eigenvalue weighted by Gasteiger charge is 2.06. The number of halogens is 1. The lowest BCUT2D eigenvalue weighted by molar-refractivity contribution is -0.114. The minimum absolute atomic E-state index is 0.130. The van der Waals surface area contributed by atoms with E-state index in [0.717, 1.165) is 11.3 Å². The predicted octanol–water partition coefficient (Wildman–Crippen LogP) is 3.71. The normalized spacial score (nSPS) is 10.0. The first kappa shape index (κ1) is 15.2. The first-order valence-electron chi connectivity index (χ1n) is 6.52. The van der Waals surface area contributed by atoms with Gasteiger partial charge in [0, 0.05) is 10.7 Å². The van der Waals surface area contributed by atoms with Crippen molar-refractivity contribution < 1.29 is 9.53 Å². The van der Waals surface area contributed by atoms with E-state index in [4.69, 9.17) is 16.3 Å². The number of ether oxygens (including phenoxy) is 1. The van der Waals surface area contributed by atoms with Gasteiger partial charge in [-0.1, -0.05) is 29.3 Å². The molecule has 4 nitrogen and oxygen atoms in total. The maximum absolute atomic E-state index is 11.9. The van der Waals surface area contributed by atoms with Gasteiger partial charge in [-0.15, -0.1) is 0 Å². The van der Waals surface area contributed by atoms with Crippen LogP contribution in [0.15, 0.2) is 42.5 Å². The quantitative estimate of drug-likeness (QED) is 0.885. The van der Waals surface area contributed by atoms with Gasteiger partial charge in [0.1, 0.15) is 5.75 Å². The van der Waals surface area contributed by atoms with E-state index < -0.39 is 0 Å². The van der Waals surface area contributed by atoms with Crippen molar-refractivity contribution >= 4 is 28.9 Å². The number of benzene rings is 2. The molecule has 0 saturated heterocycles. The van der Waals surface area contributed by atoms with Crippen molar-refractivity contribution in [2.45, 2.75) is 6.92 Å². The largest absolute Gasteiger partial charge is 0.495 e. The predicted molar refractivity (Wildman–Crippen MR) is 86.3 cm³/mol. The van der Waals surface area contributed by atoms with Gasteiger partial charge < -0.3 is 15.4 Å². The molecule has 0 heterocycles. The van der Waals surface area contributed by atoms with Gasteiger partial charge in [-0.3, -0.25) is 4.79 Å². The van der Waals surface area contributed by atoms with Crippen LogP contribution < -0.4 is 15.4 Å². The molecule has 0 fully saturated rings. The Hall–Kier alpha value is -2.20. The third kappa shape index (κ3) is 4.39. The molecular formula is C16H17ClN2O2. The van der Waals surface area contributed by atoms with Crippen molar-refractivity contribution in [1.29, 1.82) is 0 Å². The van der Waals surface area contributed by atoms with Crippen molar-refractivity contribution in [2.24, 2.45) is 0 Å². The Kier molecular flexibility index (Phi) is 5.06. The first-order chi connectivity index (χ1) is 10.1. The number of hydrogen-bond acceptors (Lipinski definition) is 3. The van der Waals surface area contributed by atoms with Crippen LogP contribution in [0.1, 0.15) is 5.56 Å². The van der Waals surface area contributed by atoms with Gasteiger partial charge in [-0.2, -0.15) is 0 Å². The summed E-state index contributed by atoms with van der Waals surface area (Å²) in [5.74, 6) is 0.503. The average Bonchev–Trinajstić information content (AvgIpc) is 2.48. The maximum atomic E-state index is 11.9. The molecule has 110 valence electrons. The Morgan fingerprint density at radius 1 is 1.19 bits per heavy atom. The van der Waals surface area contributed by atoms with Gasteiger partial charge >= 0.3 is 0 Å². The molecular weight excluding hydrogens is 288 g/mol. The minimum atomic E-state index is -0.138. The Bertz CT molecular complexity index is 627. The topological polar surface area (TPSA) is 50.4 Å². The van der Waals surface area contributed by atoms with Crippen LogP contribution in [-0.2, 0) is 4.79 Å². The Balaban J connectivity index is 1.95. The van der Waals surface area contributed by atoms with Crippen molar-refractivity contribution in [3.8, 4) is 5.75 Å². The summed E-state index contributed by atoms with van der Waals surface area (Å²) in [6.07, 6.45) is 0. The second kappa shape index (κ2) is 6.99. The van der Waals surface area contributed by atoms with E-state index in [-0.39, 0.29) is 12.5 Å². The number of anilines is 2. The summed E-state index contributed by atoms with van der Waals surface area (Å²) in [5.41, 5.74) is 2.60. The molecule has 0 saturated carbocycles. The fourth-order valence-electron chi connectivity index (χ4n) is 1.84. The molecule has 1 amide bonds. The van der Waals surface area contributed by atoms with Gasteiger partial charge in [0.05, 0.1) is 19.3 Å². The van der Waals surface area contributed by atoms with E-state index >= 15 is 0 Å². The van der Waals surface area contributed by atoms with Crippen LogP contribution in [0.25, 0.3) is 0 Å². The lowest BCUT2D eigenvalue weighted by Gasteiger charge is -2.11. The molecule has 0 spiro atoms. The van der Waals surface area contributed by atoms with Gasteiger partial charge in [0.15, 0.2) is 0 Å². The molecule has 0 unspecified atom stereocenters. The van der Waals surface area contributed by atoms with E-state index in [1.165, 1.54) is 0 Å². The van der Waals surface area contributed by atoms with Crippen LogP contribution in [0.2, 0.25) is 5.02 Å². The maximum Gasteiger partial charge on any atom is 0.243 e. The SMILES string of the molecule is COc1ccc(Cl)cc1NCC(=O)Nc1ccc(C)cc1. The van der Waals surface area contributed by atoms with Crippen LogP contribution >= 0.6 is 11.6 Å². The zero-order valence-corrected chi connectivity index (χ0v) is 12.7. The molecule has 2 N–H and O–H groups in total. The van der Waals surface area contributed by atoms with E-state index in [0.29, 0.717) is 16.5 Å². The molecule has 0 bridgehead atoms. The molecule has 0 radical (unpaired) electrons. The highest BCUT2D eigenvalue weighted by molar-refractivity contribution is 6.30. The standard InChI is InChI=1S/C16H17ClN2O2/c1-11-3-6-13(7-4-11)19-16(20)10-18-14-9-12(17)5-8-15(14)21-2/h3-9,18H,10H2,1-2H3,(H,19,20). The average molecular weight is 305 g/mol. The molecule has 0 atom stereocenters. The smallest absolute Gasteiger partial charge is 0.243 e. The highest BCUT2D eigenvalue weighted by atomic mass is 35.5. The summed E-state index contributed by atoms with van der Waals surface area (Å²) in [4.78, 5) is 11.9. The van der Waals surface area contributed by atoms with Gasteiger partial charge in [-0.05, 0) is 37.3 Å². The summed E-state index contributed by atoms with van der Waals surface area (Å²) >= 11 is 5.94. The second-order valence-electron chi connectivity index (χ2n) is 4.61. The zero-order valence-electron chi connectivity index (χ0n) is 11.9. The fourth-order valence-corrected chi connectivity index (χ4v) is 2.01. The number of amides is 1. The minimum Gasteiger partial charge on any atom is -0.495 e. The summed E-state index contributed by atoms with van der Waals surface area (Å²) in [7, 11) is 1.57. The monoisotopic (exact) mass is 304 g/mol. The Morgan fingerprint density at radius 2 is 1.90 bits per heavy atom. The van der Waals surface area contributed by atoms with Crippen LogP contribution in [0.5, 0.6) is 5.75 Å². The van der Waals surface area contributed by atoms with Gasteiger partial charge in [0.25, 0.3) is 0 Å². The van der Waals surface area contributed by atoms with Crippen molar-refractivity contribution in [3.63, 3.8) is 0 Å². The van der Waals surface area contributed by atoms with E-state index in [1.54, 1.807) is 25.3 Å². The number of hydrogen-bond donors (Lipinski definition) is 2. The summed E-state index contributed by atoms with van der Waals surface area (Å²) in [6, 6.07) is 12.8. The highest BCUT2D eigenvalue weighted by Crippen LogP contribution is 2.27. The van der Waals surface area contributed by atoms with Crippen LogP contribution in [0.4, 0.5) is 11.4 Å². The summed E-state index contributed by atoms with van der Waals surface area (Å²) in [6.45, 7) is 2.13. The molecule has 2 aromatic rings. The van der Waals surface area contributed by atoms with E-state index in [1.807, 2.05) is 31.2 Å². The summed E-state index contributed by atoms with van der Waals surface area (Å²) in [5, 5.41) is 6.41. The van der Waals surface area contributed by atoms with Crippen molar-refractivity contribution in [3.05, 3.63) is 53.1 Å². The Morgan fingerprint density at radius 3 is 2.57 bits per heavy atom. The summed E-state index contributed by atoms with van der Waals surface area (Å²) < 4.78 is 5.21. The third-order valence-corrected chi connectivity index (χ3v) is 3.17. The number of methoxy groups -OCH3 is 1. The van der Waals surface area contributed by atoms with E-state index in [9.17, 15) is 4.79 Å². The molecule has 2 rings (SSSR count). The molecule has 0 aliphatic heterocycles. The lowest BCUT2D eigenvalue weighted by atomic mass is 10.2. The Labute approximate surface area is 129 Å². The molecule has 0 aromatic heterocycles. The number of nitrogens with one attached hydrogen (secondary N) is 2. The number of aryl methyl sites for hydroxylation is 1. The lowest BCUT2D eigenvalue weighted by Crippen LogP contribution is -2.21. The van der Waals surface area contributed by atoms with Crippen LogP contribution in [0.3, 0.4) is 0 Å². The number of carbonyl (C=O) groups is 1.